The fourth-order valence-corrected chi connectivity index (χ4v) is 2.76. The fraction of sp³-hybridized carbons (Fsp3) is 0.350. The Bertz CT molecular complexity index is 795. The molecule has 0 aliphatic carbocycles. The first-order valence-electron chi connectivity index (χ1n) is 8.23. The second-order valence-corrected chi connectivity index (χ2v) is 6.38. The number of aryl methyl sites for hydroxylation is 1. The molecular weight excluding hydrogens is 345 g/mol. The van der Waals surface area contributed by atoms with Crippen molar-refractivity contribution in [1.82, 2.24) is 0 Å². The van der Waals surface area contributed by atoms with Crippen LogP contribution in [-0.4, -0.2) is 18.2 Å². The van der Waals surface area contributed by atoms with Gasteiger partial charge in [-0.25, -0.2) is 0 Å². The van der Waals surface area contributed by atoms with Crippen LogP contribution in [0.3, 0.4) is 0 Å². The molecule has 0 fully saturated rings. The molecule has 0 unspecified atom stereocenters. The number of alkyl halides is 3. The lowest BCUT2D eigenvalue weighted by molar-refractivity contribution is -0.138. The number of aliphatic carboxylic acids is 1. The fourth-order valence-electron chi connectivity index (χ4n) is 2.76. The van der Waals surface area contributed by atoms with Gasteiger partial charge in [0.15, 0.2) is 0 Å². The van der Waals surface area contributed by atoms with Gasteiger partial charge in [0.05, 0.1) is 12.7 Å². The molecule has 0 aliphatic rings. The van der Waals surface area contributed by atoms with Crippen molar-refractivity contribution < 1.29 is 27.8 Å². The second-order valence-electron chi connectivity index (χ2n) is 6.38. The molecule has 0 aliphatic heterocycles. The highest BCUT2D eigenvalue weighted by Crippen LogP contribution is 2.39. The summed E-state index contributed by atoms with van der Waals surface area (Å²) in [6.07, 6.45) is -4.51. The lowest BCUT2D eigenvalue weighted by Gasteiger charge is -2.18. The summed E-state index contributed by atoms with van der Waals surface area (Å²) in [7, 11) is 1.46. The van der Waals surface area contributed by atoms with Gasteiger partial charge in [0.25, 0.3) is 0 Å². The van der Waals surface area contributed by atoms with Gasteiger partial charge in [-0.15, -0.1) is 0 Å². The average Bonchev–Trinajstić information content (AvgIpc) is 2.58. The molecule has 0 amide bonds. The number of benzene rings is 2. The van der Waals surface area contributed by atoms with Crippen LogP contribution in [0, 0.1) is 0 Å². The van der Waals surface area contributed by atoms with E-state index < -0.39 is 17.7 Å². The van der Waals surface area contributed by atoms with E-state index in [1.54, 1.807) is 6.07 Å². The third-order valence-corrected chi connectivity index (χ3v) is 4.23. The maximum atomic E-state index is 13.2. The lowest BCUT2D eigenvalue weighted by atomic mass is 9.91. The molecule has 0 saturated carbocycles. The third kappa shape index (κ3) is 4.56. The second kappa shape index (κ2) is 7.81. The minimum atomic E-state index is -4.48. The van der Waals surface area contributed by atoms with E-state index in [9.17, 15) is 18.0 Å². The van der Waals surface area contributed by atoms with Gasteiger partial charge < -0.3 is 9.84 Å². The highest BCUT2D eigenvalue weighted by Gasteiger charge is 2.31. The molecule has 26 heavy (non-hydrogen) atoms. The summed E-state index contributed by atoms with van der Waals surface area (Å²) in [5.41, 5.74) is 1.61. The molecule has 1 N–H and O–H groups in total. The topological polar surface area (TPSA) is 46.5 Å². The van der Waals surface area contributed by atoms with Gasteiger partial charge in [-0.2, -0.15) is 13.2 Å². The standard InChI is InChI=1S/C20H21F3O3/c1-12(2)14-5-8-18(26-3)17(10-14)16-11-15(20(21,22)23)7-4-13(16)6-9-19(24)25/h4-5,7-8,10-12H,6,9H2,1-3H3,(H,24,25). The number of carbonyl (C=O) groups is 1. The van der Waals surface area contributed by atoms with Gasteiger partial charge in [-0.3, -0.25) is 4.79 Å². The predicted octanol–water partition coefficient (Wildman–Crippen LogP) is 5.52. The average molecular weight is 366 g/mol. The first-order chi connectivity index (χ1) is 12.1. The van der Waals surface area contributed by atoms with Crippen molar-refractivity contribution >= 4 is 5.97 Å². The number of carboxylic acid groups (broad SMARTS) is 1. The normalized spacial score (nSPS) is 11.7. The van der Waals surface area contributed by atoms with E-state index in [0.717, 1.165) is 17.7 Å². The molecule has 2 aromatic rings. The van der Waals surface area contributed by atoms with Crippen molar-refractivity contribution in [3.05, 3.63) is 53.1 Å². The molecule has 0 aromatic heterocycles. The van der Waals surface area contributed by atoms with Crippen molar-refractivity contribution in [2.45, 2.75) is 38.8 Å². The van der Waals surface area contributed by atoms with E-state index in [-0.39, 0.29) is 18.8 Å². The third-order valence-electron chi connectivity index (χ3n) is 4.23. The number of carboxylic acids is 1. The van der Waals surface area contributed by atoms with E-state index >= 15 is 0 Å². The zero-order valence-electron chi connectivity index (χ0n) is 14.9. The molecule has 0 saturated heterocycles. The zero-order chi connectivity index (χ0) is 19.5. The summed E-state index contributed by atoms with van der Waals surface area (Å²) in [6.45, 7) is 3.98. The lowest BCUT2D eigenvalue weighted by Crippen LogP contribution is -2.07. The molecule has 6 heteroatoms. The number of hydrogen-bond acceptors (Lipinski definition) is 2. The van der Waals surface area contributed by atoms with Gasteiger partial charge in [0.2, 0.25) is 0 Å². The molecule has 0 bridgehead atoms. The first-order valence-corrected chi connectivity index (χ1v) is 8.23. The largest absolute Gasteiger partial charge is 0.496 e. The highest BCUT2D eigenvalue weighted by atomic mass is 19.4. The van der Waals surface area contributed by atoms with Crippen LogP contribution in [0.5, 0.6) is 5.75 Å². The summed E-state index contributed by atoms with van der Waals surface area (Å²) >= 11 is 0. The molecule has 0 atom stereocenters. The SMILES string of the molecule is COc1ccc(C(C)C)cc1-c1cc(C(F)(F)F)ccc1CCC(=O)O. The van der Waals surface area contributed by atoms with E-state index in [1.807, 2.05) is 26.0 Å². The Balaban J connectivity index is 2.67. The minimum Gasteiger partial charge on any atom is -0.496 e. The summed E-state index contributed by atoms with van der Waals surface area (Å²) in [5.74, 6) is -0.364. The Labute approximate surface area is 150 Å². The van der Waals surface area contributed by atoms with Crippen LogP contribution >= 0.6 is 0 Å². The van der Waals surface area contributed by atoms with Crippen LogP contribution in [0.25, 0.3) is 11.1 Å². The smallest absolute Gasteiger partial charge is 0.416 e. The number of methoxy groups -OCH3 is 1. The summed E-state index contributed by atoms with van der Waals surface area (Å²) in [5, 5.41) is 8.93. The van der Waals surface area contributed by atoms with Gasteiger partial charge in [0.1, 0.15) is 5.75 Å². The summed E-state index contributed by atoms with van der Waals surface area (Å²) < 4.78 is 44.9. The summed E-state index contributed by atoms with van der Waals surface area (Å²) in [6, 6.07) is 8.81. The van der Waals surface area contributed by atoms with Crippen molar-refractivity contribution in [3.8, 4) is 16.9 Å². The van der Waals surface area contributed by atoms with Gasteiger partial charge in [-0.1, -0.05) is 26.0 Å². The van der Waals surface area contributed by atoms with Crippen LogP contribution in [0.1, 0.15) is 42.9 Å². The Morgan fingerprint density at radius 2 is 1.81 bits per heavy atom. The minimum absolute atomic E-state index is 0.137. The Hall–Kier alpha value is -2.50. The van der Waals surface area contributed by atoms with E-state index in [1.165, 1.54) is 13.2 Å². The molecular formula is C20H21F3O3. The van der Waals surface area contributed by atoms with Crippen LogP contribution < -0.4 is 4.74 Å². The van der Waals surface area contributed by atoms with Crippen molar-refractivity contribution in [1.29, 1.82) is 0 Å². The first kappa shape index (κ1) is 19.8. The van der Waals surface area contributed by atoms with Crippen molar-refractivity contribution in [2.75, 3.05) is 7.11 Å². The zero-order valence-corrected chi connectivity index (χ0v) is 14.9. The number of rotatable bonds is 6. The highest BCUT2D eigenvalue weighted by molar-refractivity contribution is 5.76. The monoisotopic (exact) mass is 366 g/mol. The summed E-state index contributed by atoms with van der Waals surface area (Å²) in [4.78, 5) is 10.9. The van der Waals surface area contributed by atoms with Crippen LogP contribution in [0.2, 0.25) is 0 Å². The van der Waals surface area contributed by atoms with Crippen molar-refractivity contribution in [3.63, 3.8) is 0 Å². The molecule has 0 spiro atoms. The Morgan fingerprint density at radius 1 is 1.12 bits per heavy atom. The van der Waals surface area contributed by atoms with Gasteiger partial charge >= 0.3 is 12.1 Å². The van der Waals surface area contributed by atoms with Crippen LogP contribution in [0.4, 0.5) is 13.2 Å². The number of ether oxygens (including phenoxy) is 1. The predicted molar refractivity (Wildman–Crippen MR) is 93.5 cm³/mol. The maximum absolute atomic E-state index is 13.2. The Morgan fingerprint density at radius 3 is 2.35 bits per heavy atom. The van der Waals surface area contributed by atoms with E-state index in [4.69, 9.17) is 9.84 Å². The van der Waals surface area contributed by atoms with E-state index in [0.29, 0.717) is 22.4 Å². The van der Waals surface area contributed by atoms with E-state index in [2.05, 4.69) is 0 Å². The quantitative estimate of drug-likeness (QED) is 0.732. The van der Waals surface area contributed by atoms with Gasteiger partial charge in [0, 0.05) is 12.0 Å². The van der Waals surface area contributed by atoms with Gasteiger partial charge in [-0.05, 0) is 53.3 Å². The van der Waals surface area contributed by atoms with Crippen molar-refractivity contribution in [2.24, 2.45) is 0 Å². The Kier molecular flexibility index (Phi) is 5.95. The molecule has 0 radical (unpaired) electrons. The maximum Gasteiger partial charge on any atom is 0.416 e. The van der Waals surface area contributed by atoms with Crippen LogP contribution in [-0.2, 0) is 17.4 Å². The molecule has 2 aromatic carbocycles. The molecule has 0 heterocycles. The number of hydrogen-bond donors (Lipinski definition) is 1. The molecule has 2 rings (SSSR count). The molecule has 3 nitrogen and oxygen atoms in total. The number of halogens is 3. The van der Waals surface area contributed by atoms with Crippen LogP contribution in [0.15, 0.2) is 36.4 Å². The molecule has 140 valence electrons.